The molecule has 1 fully saturated rings. The molecule has 1 aliphatic carbocycles. The van der Waals surface area contributed by atoms with Crippen molar-refractivity contribution in [3.8, 4) is 0 Å². The Hall–Kier alpha value is -0.280. The summed E-state index contributed by atoms with van der Waals surface area (Å²) in [4.78, 5) is 11.1. The van der Waals surface area contributed by atoms with Gasteiger partial charge in [0.05, 0.1) is 5.54 Å². The Morgan fingerprint density at radius 3 is 2.27 bits per heavy atom. The van der Waals surface area contributed by atoms with Crippen LogP contribution in [0.4, 0.5) is 0 Å². The van der Waals surface area contributed by atoms with Crippen molar-refractivity contribution in [3.63, 3.8) is 0 Å². The highest BCUT2D eigenvalue weighted by Crippen LogP contribution is 2.19. The number of hydrogen-bond donors (Lipinski definition) is 2. The van der Waals surface area contributed by atoms with Crippen molar-refractivity contribution in [1.82, 2.24) is 5.32 Å². The van der Waals surface area contributed by atoms with Crippen LogP contribution in [0.5, 0.6) is 0 Å². The van der Waals surface area contributed by atoms with E-state index in [1.54, 1.807) is 13.8 Å². The Bertz CT molecular complexity index is 149. The smallest absolute Gasteiger partial charge is 0.239 e. The average molecular weight is 179 g/mol. The van der Waals surface area contributed by atoms with E-state index in [0.717, 1.165) is 12.8 Å². The lowest BCUT2D eigenvalue weighted by atomic mass is 10.1. The molecule has 1 saturated carbocycles. The second-order valence-corrected chi connectivity index (χ2v) is 3.47. The second-order valence-electron chi connectivity index (χ2n) is 3.47. The molecule has 0 saturated heterocycles. The highest BCUT2D eigenvalue weighted by atomic mass is 35.5. The Kier molecular flexibility index (Phi) is 3.32. The molecule has 1 aliphatic rings. The molecule has 0 radical (unpaired) electrons. The zero-order valence-corrected chi connectivity index (χ0v) is 7.70. The van der Waals surface area contributed by atoms with Crippen LogP contribution in [0.25, 0.3) is 0 Å². The summed E-state index contributed by atoms with van der Waals surface area (Å²) in [6.07, 6.45) is 2.23. The molecule has 0 spiro atoms. The number of carbonyl (C=O) groups is 1. The van der Waals surface area contributed by atoms with Gasteiger partial charge in [-0.1, -0.05) is 0 Å². The fraction of sp³-hybridized carbons (Fsp3) is 0.857. The van der Waals surface area contributed by atoms with Crippen LogP contribution in [0.3, 0.4) is 0 Å². The highest BCUT2D eigenvalue weighted by Gasteiger charge is 2.29. The average Bonchev–Trinajstić information content (AvgIpc) is 2.47. The minimum Gasteiger partial charge on any atom is -0.352 e. The van der Waals surface area contributed by atoms with Crippen LogP contribution in [0.2, 0.25) is 0 Å². The summed E-state index contributed by atoms with van der Waals surface area (Å²) in [5.74, 6) is -0.0463. The van der Waals surface area contributed by atoms with Crippen molar-refractivity contribution in [2.24, 2.45) is 5.73 Å². The summed E-state index contributed by atoms with van der Waals surface area (Å²) in [6, 6.07) is 0.412. The monoisotopic (exact) mass is 178 g/mol. The van der Waals surface area contributed by atoms with Gasteiger partial charge < -0.3 is 11.1 Å². The van der Waals surface area contributed by atoms with E-state index in [4.69, 9.17) is 5.73 Å². The lowest BCUT2D eigenvalue weighted by Crippen LogP contribution is -2.49. The minimum absolute atomic E-state index is 0. The number of hydrogen-bond acceptors (Lipinski definition) is 2. The van der Waals surface area contributed by atoms with E-state index in [0.29, 0.717) is 6.04 Å². The number of halogens is 1. The first-order valence-electron chi connectivity index (χ1n) is 3.60. The molecule has 11 heavy (non-hydrogen) atoms. The van der Waals surface area contributed by atoms with Crippen molar-refractivity contribution in [1.29, 1.82) is 0 Å². The van der Waals surface area contributed by atoms with Crippen molar-refractivity contribution in [2.75, 3.05) is 0 Å². The molecular weight excluding hydrogens is 164 g/mol. The predicted octanol–water partition coefficient (Wildman–Crippen LogP) is 0.424. The van der Waals surface area contributed by atoms with Crippen LogP contribution < -0.4 is 11.1 Å². The van der Waals surface area contributed by atoms with Gasteiger partial charge in [0.2, 0.25) is 5.91 Å². The molecule has 0 bridgehead atoms. The van der Waals surface area contributed by atoms with E-state index in [9.17, 15) is 4.79 Å². The minimum atomic E-state index is -0.720. The van der Waals surface area contributed by atoms with Crippen molar-refractivity contribution >= 4 is 18.3 Å². The first-order valence-corrected chi connectivity index (χ1v) is 3.60. The normalized spacial score (nSPS) is 17.0. The summed E-state index contributed by atoms with van der Waals surface area (Å²) in [5.41, 5.74) is 4.82. The van der Waals surface area contributed by atoms with Gasteiger partial charge in [0, 0.05) is 6.04 Å². The van der Waals surface area contributed by atoms with Crippen LogP contribution in [-0.2, 0) is 4.79 Å². The Morgan fingerprint density at radius 2 is 2.00 bits per heavy atom. The molecule has 1 rings (SSSR count). The van der Waals surface area contributed by atoms with Gasteiger partial charge in [0.1, 0.15) is 0 Å². The molecule has 1 amide bonds. The lowest BCUT2D eigenvalue weighted by Gasteiger charge is -2.17. The third-order valence-electron chi connectivity index (χ3n) is 1.50. The Morgan fingerprint density at radius 1 is 1.55 bits per heavy atom. The molecule has 3 N–H and O–H groups in total. The summed E-state index contributed by atoms with van der Waals surface area (Å²) in [5, 5.41) is 2.83. The van der Waals surface area contributed by atoms with Crippen LogP contribution >= 0.6 is 12.4 Å². The van der Waals surface area contributed by atoms with Gasteiger partial charge in [-0.25, -0.2) is 0 Å². The molecule has 0 heterocycles. The molecule has 0 aromatic heterocycles. The molecule has 4 heteroatoms. The molecular formula is C7H15ClN2O. The Labute approximate surface area is 73.1 Å². The van der Waals surface area contributed by atoms with Gasteiger partial charge in [-0.3, -0.25) is 4.79 Å². The summed E-state index contributed by atoms with van der Waals surface area (Å²) >= 11 is 0. The van der Waals surface area contributed by atoms with E-state index in [2.05, 4.69) is 5.32 Å². The first kappa shape index (κ1) is 10.7. The third-order valence-corrected chi connectivity index (χ3v) is 1.50. The van der Waals surface area contributed by atoms with Crippen LogP contribution in [0.15, 0.2) is 0 Å². The Balaban J connectivity index is 0.000001000. The molecule has 3 nitrogen and oxygen atoms in total. The van der Waals surface area contributed by atoms with Crippen LogP contribution in [0, 0.1) is 0 Å². The maximum atomic E-state index is 11.1. The standard InChI is InChI=1S/C7H14N2O.ClH/c1-7(2,8)6(10)9-5-3-4-5;/h5H,3-4,8H2,1-2H3,(H,9,10);1H. The third kappa shape index (κ3) is 3.58. The topological polar surface area (TPSA) is 55.1 Å². The fourth-order valence-corrected chi connectivity index (χ4v) is 0.599. The molecule has 0 atom stereocenters. The number of amides is 1. The van der Waals surface area contributed by atoms with Crippen molar-refractivity contribution in [2.45, 2.75) is 38.3 Å². The van der Waals surface area contributed by atoms with E-state index in [-0.39, 0.29) is 18.3 Å². The zero-order valence-electron chi connectivity index (χ0n) is 6.89. The first-order chi connectivity index (χ1) is 4.50. The summed E-state index contributed by atoms with van der Waals surface area (Å²) in [6.45, 7) is 3.43. The summed E-state index contributed by atoms with van der Waals surface area (Å²) in [7, 11) is 0. The zero-order chi connectivity index (χ0) is 7.78. The summed E-state index contributed by atoms with van der Waals surface area (Å²) < 4.78 is 0. The molecule has 0 aromatic rings. The second kappa shape index (κ2) is 3.41. The van der Waals surface area contributed by atoms with Gasteiger partial charge in [0.25, 0.3) is 0 Å². The lowest BCUT2D eigenvalue weighted by molar-refractivity contribution is -0.125. The van der Waals surface area contributed by atoms with Gasteiger partial charge in [-0.05, 0) is 26.7 Å². The van der Waals surface area contributed by atoms with E-state index >= 15 is 0 Å². The number of rotatable bonds is 2. The fourth-order valence-electron chi connectivity index (χ4n) is 0.599. The van der Waals surface area contributed by atoms with Gasteiger partial charge >= 0.3 is 0 Å². The quantitative estimate of drug-likeness (QED) is 0.644. The van der Waals surface area contributed by atoms with Gasteiger partial charge in [-0.15, -0.1) is 12.4 Å². The van der Waals surface area contributed by atoms with Crippen LogP contribution in [0.1, 0.15) is 26.7 Å². The SMILES string of the molecule is CC(C)(N)C(=O)NC1CC1.Cl. The van der Waals surface area contributed by atoms with Gasteiger partial charge in [0.15, 0.2) is 0 Å². The van der Waals surface area contributed by atoms with E-state index < -0.39 is 5.54 Å². The van der Waals surface area contributed by atoms with E-state index in [1.165, 1.54) is 0 Å². The van der Waals surface area contributed by atoms with Gasteiger partial charge in [-0.2, -0.15) is 0 Å². The van der Waals surface area contributed by atoms with Crippen LogP contribution in [-0.4, -0.2) is 17.5 Å². The maximum Gasteiger partial charge on any atom is 0.239 e. The predicted molar refractivity (Wildman–Crippen MR) is 46.7 cm³/mol. The maximum absolute atomic E-state index is 11.1. The van der Waals surface area contributed by atoms with E-state index in [1.807, 2.05) is 0 Å². The number of nitrogens with one attached hydrogen (secondary N) is 1. The number of carbonyl (C=O) groups excluding carboxylic acids is 1. The molecule has 0 aromatic carbocycles. The molecule has 0 unspecified atom stereocenters. The van der Waals surface area contributed by atoms with Crippen molar-refractivity contribution in [3.05, 3.63) is 0 Å². The largest absolute Gasteiger partial charge is 0.352 e. The van der Waals surface area contributed by atoms with Crippen molar-refractivity contribution < 1.29 is 4.79 Å². The highest BCUT2D eigenvalue weighted by molar-refractivity contribution is 5.85. The molecule has 66 valence electrons. The number of nitrogens with two attached hydrogens (primary N) is 1. The molecule has 0 aliphatic heterocycles.